The van der Waals surface area contributed by atoms with Crippen molar-refractivity contribution in [3.8, 4) is 6.07 Å². The van der Waals surface area contributed by atoms with Crippen molar-refractivity contribution < 1.29 is 13.6 Å². The van der Waals surface area contributed by atoms with Gasteiger partial charge in [-0.1, -0.05) is 18.7 Å². The van der Waals surface area contributed by atoms with E-state index in [0.29, 0.717) is 16.3 Å². The first-order valence-electron chi connectivity index (χ1n) is 8.82. The number of halogens is 2. The van der Waals surface area contributed by atoms with Crippen LogP contribution in [0, 0.1) is 35.8 Å². The molecule has 3 rings (SSSR count). The third kappa shape index (κ3) is 4.22. The van der Waals surface area contributed by atoms with Crippen LogP contribution in [0.15, 0.2) is 29.4 Å². The number of hydrogen-bond donors (Lipinski definition) is 2. The number of nitrogens with one attached hydrogen (secondary N) is 1. The van der Waals surface area contributed by atoms with Crippen molar-refractivity contribution in [2.45, 2.75) is 25.0 Å². The molecule has 29 heavy (non-hydrogen) atoms. The number of aromatic nitrogens is 1. The Morgan fingerprint density at radius 1 is 1.38 bits per heavy atom. The molecule has 0 spiro atoms. The van der Waals surface area contributed by atoms with Crippen LogP contribution in [0.2, 0.25) is 0 Å². The third-order valence-electron chi connectivity index (χ3n) is 4.87. The van der Waals surface area contributed by atoms with Gasteiger partial charge in [0.15, 0.2) is 16.8 Å². The minimum absolute atomic E-state index is 0.0130. The number of thioether (sulfide) groups is 1. The van der Waals surface area contributed by atoms with Crippen molar-refractivity contribution in [3.05, 3.63) is 58.4 Å². The van der Waals surface area contributed by atoms with Gasteiger partial charge in [-0.25, -0.2) is 13.8 Å². The van der Waals surface area contributed by atoms with E-state index >= 15 is 0 Å². The van der Waals surface area contributed by atoms with Gasteiger partial charge < -0.3 is 11.1 Å². The highest BCUT2D eigenvalue weighted by Gasteiger charge is 2.50. The Balaban J connectivity index is 1.85. The van der Waals surface area contributed by atoms with Crippen LogP contribution in [0.5, 0.6) is 0 Å². The summed E-state index contributed by atoms with van der Waals surface area (Å²) in [7, 11) is 1.57. The molecule has 3 N–H and O–H groups in total. The maximum atomic E-state index is 14.4. The standard InChI is InChI=1S/C20H19F2N5OS/c1-9-4-11(7-23)8-26-17(9)19(28)27-12-5-13(16(22)14(21)6-12)15-10(2)18(15)29-20(24)25-3/h4-6,8,10,15,18H,1-3H3,(H2,24,25)(H,27,28). The summed E-state index contributed by atoms with van der Waals surface area (Å²) in [6.07, 6.45) is 1.28. The lowest BCUT2D eigenvalue weighted by molar-refractivity contribution is 0.102. The molecule has 1 aliphatic carbocycles. The van der Waals surface area contributed by atoms with Gasteiger partial charge in [-0.15, -0.1) is 0 Å². The molecule has 3 atom stereocenters. The Bertz CT molecular complexity index is 1050. The first kappa shape index (κ1) is 20.7. The Morgan fingerprint density at radius 2 is 2.10 bits per heavy atom. The monoisotopic (exact) mass is 415 g/mol. The summed E-state index contributed by atoms with van der Waals surface area (Å²) in [6, 6.07) is 5.86. The highest BCUT2D eigenvalue weighted by Crippen LogP contribution is 2.55. The van der Waals surface area contributed by atoms with Crippen LogP contribution in [0.4, 0.5) is 14.5 Å². The van der Waals surface area contributed by atoms with E-state index in [1.165, 1.54) is 30.1 Å². The zero-order chi connectivity index (χ0) is 21.3. The van der Waals surface area contributed by atoms with E-state index in [1.54, 1.807) is 14.0 Å². The zero-order valence-electron chi connectivity index (χ0n) is 16.0. The maximum Gasteiger partial charge on any atom is 0.274 e. The molecule has 0 saturated heterocycles. The van der Waals surface area contributed by atoms with Gasteiger partial charge >= 0.3 is 0 Å². The Morgan fingerprint density at radius 3 is 2.72 bits per heavy atom. The van der Waals surface area contributed by atoms with Crippen LogP contribution < -0.4 is 11.1 Å². The number of nitrogens with two attached hydrogens (primary N) is 1. The minimum atomic E-state index is -1.04. The fourth-order valence-corrected chi connectivity index (χ4v) is 4.47. The van der Waals surface area contributed by atoms with Gasteiger partial charge in [-0.3, -0.25) is 9.79 Å². The topological polar surface area (TPSA) is 104 Å². The van der Waals surface area contributed by atoms with Gasteiger partial charge in [0.05, 0.1) is 5.56 Å². The summed E-state index contributed by atoms with van der Waals surface area (Å²) in [6.45, 7) is 3.57. The molecule has 9 heteroatoms. The first-order chi connectivity index (χ1) is 13.8. The number of amidine groups is 1. The molecule has 1 fully saturated rings. The molecule has 150 valence electrons. The van der Waals surface area contributed by atoms with E-state index in [-0.39, 0.29) is 34.0 Å². The second-order valence-corrected chi connectivity index (χ2v) is 8.04. The van der Waals surface area contributed by atoms with Crippen molar-refractivity contribution >= 4 is 28.5 Å². The molecule has 1 heterocycles. The Hall–Kier alpha value is -2.99. The average Bonchev–Trinajstić information content (AvgIpc) is 3.32. The summed E-state index contributed by atoms with van der Waals surface area (Å²) in [4.78, 5) is 20.4. The molecule has 1 aromatic carbocycles. The molecule has 1 aromatic heterocycles. The average molecular weight is 415 g/mol. The number of benzene rings is 1. The second kappa shape index (κ2) is 8.17. The predicted octanol–water partition coefficient (Wildman–Crippen LogP) is 3.57. The van der Waals surface area contributed by atoms with Crippen molar-refractivity contribution in [2.24, 2.45) is 16.6 Å². The number of carbonyl (C=O) groups is 1. The van der Waals surface area contributed by atoms with Crippen LogP contribution in [0.25, 0.3) is 0 Å². The molecular weight excluding hydrogens is 396 g/mol. The molecule has 1 amide bonds. The summed E-state index contributed by atoms with van der Waals surface area (Å²) < 4.78 is 28.7. The van der Waals surface area contributed by atoms with E-state index in [2.05, 4.69) is 15.3 Å². The normalized spacial score (nSPS) is 20.8. The van der Waals surface area contributed by atoms with Crippen molar-refractivity contribution in [1.29, 1.82) is 5.26 Å². The molecule has 1 saturated carbocycles. The van der Waals surface area contributed by atoms with Crippen molar-refractivity contribution in [1.82, 2.24) is 4.98 Å². The molecule has 0 radical (unpaired) electrons. The van der Waals surface area contributed by atoms with Gasteiger partial charge in [-0.2, -0.15) is 5.26 Å². The number of aryl methyl sites for hydroxylation is 1. The van der Waals surface area contributed by atoms with Gasteiger partial charge in [-0.05, 0) is 36.1 Å². The largest absolute Gasteiger partial charge is 0.379 e. The lowest BCUT2D eigenvalue weighted by Gasteiger charge is -2.11. The summed E-state index contributed by atoms with van der Waals surface area (Å²) in [5, 5.41) is 11.8. The van der Waals surface area contributed by atoms with Crippen LogP contribution in [0.1, 0.15) is 40.0 Å². The number of amides is 1. The van der Waals surface area contributed by atoms with Gasteiger partial charge in [0.1, 0.15) is 11.8 Å². The van der Waals surface area contributed by atoms with Crippen LogP contribution >= 0.6 is 11.8 Å². The highest BCUT2D eigenvalue weighted by molar-refractivity contribution is 8.14. The van der Waals surface area contributed by atoms with E-state index in [0.717, 1.165) is 6.07 Å². The highest BCUT2D eigenvalue weighted by atomic mass is 32.2. The number of nitrogens with zero attached hydrogens (tertiary/aromatic N) is 3. The lowest BCUT2D eigenvalue weighted by Crippen LogP contribution is -2.16. The predicted molar refractivity (Wildman–Crippen MR) is 109 cm³/mol. The smallest absolute Gasteiger partial charge is 0.274 e. The molecule has 2 aromatic rings. The number of nitriles is 1. The van der Waals surface area contributed by atoms with E-state index < -0.39 is 17.5 Å². The number of anilines is 1. The summed E-state index contributed by atoms with van der Waals surface area (Å²) in [5.41, 5.74) is 7.01. The second-order valence-electron chi connectivity index (χ2n) is 6.85. The van der Waals surface area contributed by atoms with Crippen LogP contribution in [-0.4, -0.2) is 28.4 Å². The first-order valence-corrected chi connectivity index (χ1v) is 9.70. The van der Waals surface area contributed by atoms with Crippen LogP contribution in [-0.2, 0) is 0 Å². The summed E-state index contributed by atoms with van der Waals surface area (Å²) in [5.74, 6) is -2.69. The molecule has 6 nitrogen and oxygen atoms in total. The lowest BCUT2D eigenvalue weighted by atomic mass is 10.1. The quantitative estimate of drug-likeness (QED) is 0.587. The molecular formula is C20H19F2N5OS. The van der Waals surface area contributed by atoms with Gasteiger partial charge in [0.2, 0.25) is 0 Å². The Labute approximate surface area is 171 Å². The SMILES string of the molecule is CN=C(N)SC1C(C)C1c1cc(NC(=O)c2ncc(C#N)cc2C)cc(F)c1F. The van der Waals surface area contributed by atoms with E-state index in [4.69, 9.17) is 11.0 Å². The molecule has 3 unspecified atom stereocenters. The zero-order valence-corrected chi connectivity index (χ0v) is 16.8. The molecule has 1 aliphatic rings. The van der Waals surface area contributed by atoms with Gasteiger partial charge in [0.25, 0.3) is 5.91 Å². The van der Waals surface area contributed by atoms with Crippen molar-refractivity contribution in [3.63, 3.8) is 0 Å². The maximum absolute atomic E-state index is 14.4. The number of aliphatic imine (C=N–C) groups is 1. The fourth-order valence-electron chi connectivity index (χ4n) is 3.25. The number of carbonyl (C=O) groups excluding carboxylic acids is 1. The fraction of sp³-hybridized carbons (Fsp3) is 0.300. The van der Waals surface area contributed by atoms with Crippen LogP contribution in [0.3, 0.4) is 0 Å². The van der Waals surface area contributed by atoms with Crippen molar-refractivity contribution in [2.75, 3.05) is 12.4 Å². The Kier molecular flexibility index (Phi) is 5.84. The number of pyridine rings is 1. The number of hydrogen-bond acceptors (Lipinski definition) is 5. The minimum Gasteiger partial charge on any atom is -0.379 e. The summed E-state index contributed by atoms with van der Waals surface area (Å²) >= 11 is 1.33. The molecule has 0 aliphatic heterocycles. The van der Waals surface area contributed by atoms with E-state index in [1.807, 2.05) is 13.0 Å². The van der Waals surface area contributed by atoms with Gasteiger partial charge in [0, 0.05) is 36.2 Å². The molecule has 0 bridgehead atoms. The van der Waals surface area contributed by atoms with E-state index in [9.17, 15) is 13.6 Å². The number of rotatable bonds is 4. The third-order valence-corrected chi connectivity index (χ3v) is 6.29.